The smallest absolute Gasteiger partial charge is 0.323 e. The van der Waals surface area contributed by atoms with Gasteiger partial charge < -0.3 is 15.0 Å². The van der Waals surface area contributed by atoms with Crippen molar-refractivity contribution in [3.63, 3.8) is 0 Å². The average molecular weight is 291 g/mol. The molecule has 0 fully saturated rings. The van der Waals surface area contributed by atoms with Crippen LogP contribution in [-0.4, -0.2) is 35.7 Å². The van der Waals surface area contributed by atoms with Gasteiger partial charge in [0.25, 0.3) is 0 Å². The van der Waals surface area contributed by atoms with Crippen LogP contribution >= 0.6 is 0 Å². The van der Waals surface area contributed by atoms with Crippen LogP contribution in [0.25, 0.3) is 0 Å². The van der Waals surface area contributed by atoms with Crippen molar-refractivity contribution in [2.24, 2.45) is 0 Å². The molecule has 2 aromatic rings. The third kappa shape index (κ3) is 3.77. The largest absolute Gasteiger partial charge is 0.463 e. The first-order valence-corrected chi connectivity index (χ1v) is 6.70. The maximum absolute atomic E-state index is 13.3. The molecule has 1 heterocycles. The highest BCUT2D eigenvalue weighted by molar-refractivity contribution is 5.57. The number of ether oxygens (including phenoxy) is 1. The molecule has 1 aromatic heterocycles. The average Bonchev–Trinajstić information content (AvgIpc) is 2.51. The van der Waals surface area contributed by atoms with E-state index >= 15 is 0 Å². The minimum atomic E-state index is -0.315. The summed E-state index contributed by atoms with van der Waals surface area (Å²) >= 11 is 0. The van der Waals surface area contributed by atoms with E-state index in [2.05, 4.69) is 20.3 Å². The molecular weight excluding hydrogens is 273 g/mol. The van der Waals surface area contributed by atoms with Crippen molar-refractivity contribution >= 4 is 17.6 Å². The first kappa shape index (κ1) is 15.0. The van der Waals surface area contributed by atoms with Crippen LogP contribution in [0.1, 0.15) is 13.3 Å². The van der Waals surface area contributed by atoms with Crippen molar-refractivity contribution < 1.29 is 9.13 Å². The summed E-state index contributed by atoms with van der Waals surface area (Å²) in [4.78, 5) is 14.3. The third-order valence-corrected chi connectivity index (χ3v) is 2.76. The van der Waals surface area contributed by atoms with E-state index in [0.29, 0.717) is 24.2 Å². The summed E-state index contributed by atoms with van der Waals surface area (Å²) in [7, 11) is 3.47. The van der Waals surface area contributed by atoms with E-state index in [1.165, 1.54) is 12.1 Å². The fourth-order valence-electron chi connectivity index (χ4n) is 1.67. The zero-order chi connectivity index (χ0) is 15.2. The summed E-state index contributed by atoms with van der Waals surface area (Å²) < 4.78 is 18.8. The number of nitrogens with one attached hydrogen (secondary N) is 1. The Balaban J connectivity index is 2.32. The SMILES string of the molecule is CCCOc1nc(NC)nc(N(C)c2cccc(F)c2)n1. The topological polar surface area (TPSA) is 63.2 Å². The van der Waals surface area contributed by atoms with Crippen molar-refractivity contribution in [2.45, 2.75) is 13.3 Å². The van der Waals surface area contributed by atoms with Crippen molar-refractivity contribution in [1.29, 1.82) is 0 Å². The lowest BCUT2D eigenvalue weighted by atomic mass is 10.3. The Hall–Kier alpha value is -2.44. The Morgan fingerprint density at radius 3 is 2.76 bits per heavy atom. The van der Waals surface area contributed by atoms with Gasteiger partial charge in [0, 0.05) is 19.8 Å². The number of aromatic nitrogens is 3. The molecule has 1 aromatic carbocycles. The zero-order valence-corrected chi connectivity index (χ0v) is 12.3. The third-order valence-electron chi connectivity index (χ3n) is 2.76. The lowest BCUT2D eigenvalue weighted by Gasteiger charge is -2.18. The minimum absolute atomic E-state index is 0.245. The maximum Gasteiger partial charge on any atom is 0.323 e. The Bertz CT molecular complexity index is 608. The molecule has 1 N–H and O–H groups in total. The van der Waals surface area contributed by atoms with Gasteiger partial charge in [-0.25, -0.2) is 4.39 Å². The minimum Gasteiger partial charge on any atom is -0.463 e. The quantitative estimate of drug-likeness (QED) is 0.882. The van der Waals surface area contributed by atoms with Gasteiger partial charge in [-0.05, 0) is 24.6 Å². The van der Waals surface area contributed by atoms with Gasteiger partial charge in [0.15, 0.2) is 0 Å². The van der Waals surface area contributed by atoms with Crippen LogP contribution in [0.2, 0.25) is 0 Å². The molecule has 21 heavy (non-hydrogen) atoms. The molecule has 0 saturated carbocycles. The summed E-state index contributed by atoms with van der Waals surface area (Å²) in [5.74, 6) is 0.463. The maximum atomic E-state index is 13.3. The van der Waals surface area contributed by atoms with Crippen LogP contribution in [0.4, 0.5) is 22.0 Å². The molecule has 112 valence electrons. The summed E-state index contributed by atoms with van der Waals surface area (Å²) in [6.45, 7) is 2.52. The highest BCUT2D eigenvalue weighted by Crippen LogP contribution is 2.23. The Kier molecular flexibility index (Phi) is 4.86. The summed E-state index contributed by atoms with van der Waals surface area (Å²) in [5, 5.41) is 2.86. The number of anilines is 3. The second-order valence-electron chi connectivity index (χ2n) is 4.38. The lowest BCUT2D eigenvalue weighted by molar-refractivity contribution is 0.292. The van der Waals surface area contributed by atoms with Gasteiger partial charge in [0.05, 0.1) is 6.61 Å². The van der Waals surface area contributed by atoms with Crippen molar-refractivity contribution in [3.8, 4) is 6.01 Å². The van der Waals surface area contributed by atoms with Crippen LogP contribution in [-0.2, 0) is 0 Å². The molecule has 0 amide bonds. The van der Waals surface area contributed by atoms with E-state index in [1.807, 2.05) is 6.92 Å². The Morgan fingerprint density at radius 2 is 2.10 bits per heavy atom. The molecule has 0 aliphatic carbocycles. The molecule has 2 rings (SSSR count). The first-order chi connectivity index (χ1) is 10.1. The van der Waals surface area contributed by atoms with Crippen LogP contribution < -0.4 is 15.0 Å². The fourth-order valence-corrected chi connectivity index (χ4v) is 1.67. The van der Waals surface area contributed by atoms with Gasteiger partial charge in [-0.15, -0.1) is 0 Å². The van der Waals surface area contributed by atoms with E-state index in [4.69, 9.17) is 4.74 Å². The standard InChI is InChI=1S/C14H18FN5O/c1-4-8-21-14-18-12(16-2)17-13(19-14)20(3)11-7-5-6-10(15)9-11/h5-7,9H,4,8H2,1-3H3,(H,16,17,18,19). The zero-order valence-electron chi connectivity index (χ0n) is 12.3. The van der Waals surface area contributed by atoms with Crippen LogP contribution in [0.5, 0.6) is 6.01 Å². The molecule has 0 spiro atoms. The molecule has 7 heteroatoms. The molecule has 0 aliphatic heterocycles. The fraction of sp³-hybridized carbons (Fsp3) is 0.357. The van der Waals surface area contributed by atoms with Crippen molar-refractivity contribution in [1.82, 2.24) is 15.0 Å². The molecule has 0 bridgehead atoms. The van der Waals surface area contributed by atoms with E-state index in [-0.39, 0.29) is 11.8 Å². The van der Waals surface area contributed by atoms with Gasteiger partial charge in [-0.3, -0.25) is 0 Å². The number of halogens is 1. The number of benzene rings is 1. The van der Waals surface area contributed by atoms with E-state index in [1.54, 1.807) is 31.1 Å². The molecule has 0 radical (unpaired) electrons. The van der Waals surface area contributed by atoms with Gasteiger partial charge in [0.2, 0.25) is 11.9 Å². The van der Waals surface area contributed by atoms with Crippen LogP contribution in [0, 0.1) is 5.82 Å². The number of rotatable bonds is 6. The second kappa shape index (κ2) is 6.83. The highest BCUT2D eigenvalue weighted by atomic mass is 19.1. The summed E-state index contributed by atoms with van der Waals surface area (Å²) in [6.07, 6.45) is 0.857. The van der Waals surface area contributed by atoms with Gasteiger partial charge in [-0.1, -0.05) is 13.0 Å². The van der Waals surface area contributed by atoms with Crippen LogP contribution in [0.15, 0.2) is 24.3 Å². The molecule has 0 atom stereocenters. The van der Waals surface area contributed by atoms with Gasteiger partial charge in [-0.2, -0.15) is 15.0 Å². The molecular formula is C14H18FN5O. The lowest BCUT2D eigenvalue weighted by Crippen LogP contribution is -2.16. The second-order valence-corrected chi connectivity index (χ2v) is 4.38. The number of hydrogen-bond donors (Lipinski definition) is 1. The predicted octanol–water partition coefficient (Wildman–Crippen LogP) is 2.61. The summed E-state index contributed by atoms with van der Waals surface area (Å²) in [5.41, 5.74) is 0.643. The normalized spacial score (nSPS) is 10.3. The molecule has 0 unspecified atom stereocenters. The van der Waals surface area contributed by atoms with Gasteiger partial charge >= 0.3 is 6.01 Å². The predicted molar refractivity (Wildman–Crippen MR) is 79.6 cm³/mol. The van der Waals surface area contributed by atoms with Crippen molar-refractivity contribution in [2.75, 3.05) is 30.9 Å². The number of hydrogen-bond acceptors (Lipinski definition) is 6. The molecule has 0 saturated heterocycles. The summed E-state index contributed by atoms with van der Waals surface area (Å²) in [6, 6.07) is 6.46. The monoisotopic (exact) mass is 291 g/mol. The van der Waals surface area contributed by atoms with E-state index < -0.39 is 0 Å². The molecule has 0 aliphatic rings. The highest BCUT2D eigenvalue weighted by Gasteiger charge is 2.12. The van der Waals surface area contributed by atoms with Crippen LogP contribution in [0.3, 0.4) is 0 Å². The molecule has 6 nitrogen and oxygen atoms in total. The number of nitrogens with zero attached hydrogens (tertiary/aromatic N) is 4. The Morgan fingerprint density at radius 1 is 1.29 bits per heavy atom. The Labute approximate surface area is 123 Å². The first-order valence-electron chi connectivity index (χ1n) is 6.70. The van der Waals surface area contributed by atoms with E-state index in [9.17, 15) is 4.39 Å². The van der Waals surface area contributed by atoms with Crippen molar-refractivity contribution in [3.05, 3.63) is 30.1 Å². The van der Waals surface area contributed by atoms with E-state index in [0.717, 1.165) is 6.42 Å². The van der Waals surface area contributed by atoms with Gasteiger partial charge in [0.1, 0.15) is 5.82 Å².